The molecule has 0 spiro atoms. The molecule has 1 atom stereocenters. The van der Waals surface area contributed by atoms with Crippen LogP contribution < -0.4 is 5.32 Å². The molecule has 1 nitrogen and oxygen atoms in total. The molecule has 1 aliphatic carbocycles. The van der Waals surface area contributed by atoms with Crippen LogP contribution in [-0.4, -0.2) is 6.04 Å². The quantitative estimate of drug-likeness (QED) is 0.770. The van der Waals surface area contributed by atoms with Gasteiger partial charge in [0.25, 0.3) is 0 Å². The minimum atomic E-state index is 0.503. The van der Waals surface area contributed by atoms with Crippen molar-refractivity contribution in [3.63, 3.8) is 0 Å². The van der Waals surface area contributed by atoms with Crippen molar-refractivity contribution in [2.75, 3.05) is 0 Å². The van der Waals surface area contributed by atoms with Crippen molar-refractivity contribution in [3.8, 4) is 0 Å². The molecule has 14 heavy (non-hydrogen) atoms. The molecule has 0 aromatic heterocycles. The topological polar surface area (TPSA) is 12.0 Å². The lowest BCUT2D eigenvalue weighted by atomic mass is 10.0. The second kappa shape index (κ2) is 3.74. The van der Waals surface area contributed by atoms with Crippen LogP contribution in [0.25, 0.3) is 0 Å². The van der Waals surface area contributed by atoms with Gasteiger partial charge in [-0.1, -0.05) is 23.8 Å². The molecule has 76 valence electrons. The van der Waals surface area contributed by atoms with Gasteiger partial charge in [0.05, 0.1) is 0 Å². The molecule has 0 unspecified atom stereocenters. The molecule has 0 saturated heterocycles. The van der Waals surface area contributed by atoms with Gasteiger partial charge in [0.1, 0.15) is 0 Å². The molecule has 0 aliphatic heterocycles. The number of benzene rings is 1. The summed E-state index contributed by atoms with van der Waals surface area (Å²) >= 11 is 0. The number of aryl methyl sites for hydroxylation is 2. The van der Waals surface area contributed by atoms with Crippen molar-refractivity contribution in [2.24, 2.45) is 0 Å². The minimum Gasteiger partial charge on any atom is -0.307 e. The summed E-state index contributed by atoms with van der Waals surface area (Å²) in [6.45, 7) is 6.61. The van der Waals surface area contributed by atoms with Crippen LogP contribution in [0.1, 0.15) is 42.5 Å². The Morgan fingerprint density at radius 3 is 2.57 bits per heavy atom. The number of hydrogen-bond acceptors (Lipinski definition) is 1. The van der Waals surface area contributed by atoms with E-state index in [1.165, 1.54) is 29.5 Å². The fraction of sp³-hybridized carbons (Fsp3) is 0.538. The lowest BCUT2D eigenvalue weighted by Gasteiger charge is -2.16. The first-order valence-corrected chi connectivity index (χ1v) is 5.50. The molecule has 1 saturated carbocycles. The van der Waals surface area contributed by atoms with Crippen LogP contribution >= 0.6 is 0 Å². The number of hydrogen-bond donors (Lipinski definition) is 1. The fourth-order valence-electron chi connectivity index (χ4n) is 2.00. The third kappa shape index (κ3) is 2.16. The Hall–Kier alpha value is -0.820. The lowest BCUT2D eigenvalue weighted by molar-refractivity contribution is 0.568. The predicted molar refractivity (Wildman–Crippen MR) is 60.5 cm³/mol. The van der Waals surface area contributed by atoms with E-state index in [2.05, 4.69) is 44.3 Å². The molecule has 1 N–H and O–H groups in total. The van der Waals surface area contributed by atoms with Gasteiger partial charge in [-0.15, -0.1) is 0 Å². The SMILES string of the molecule is Cc1ccc([C@@H](C)NC2CC2)c(C)c1. The smallest absolute Gasteiger partial charge is 0.0296 e. The van der Waals surface area contributed by atoms with E-state index < -0.39 is 0 Å². The highest BCUT2D eigenvalue weighted by molar-refractivity contribution is 5.32. The molecule has 1 aliphatic rings. The van der Waals surface area contributed by atoms with Crippen molar-refractivity contribution in [1.29, 1.82) is 0 Å². The van der Waals surface area contributed by atoms with E-state index in [1.807, 2.05) is 0 Å². The summed E-state index contributed by atoms with van der Waals surface area (Å²) in [5.74, 6) is 0. The minimum absolute atomic E-state index is 0.503. The Bertz CT molecular complexity index is 326. The maximum Gasteiger partial charge on any atom is 0.0296 e. The highest BCUT2D eigenvalue weighted by Crippen LogP contribution is 2.25. The maximum absolute atomic E-state index is 3.63. The summed E-state index contributed by atoms with van der Waals surface area (Å²) in [5.41, 5.74) is 4.21. The van der Waals surface area contributed by atoms with Gasteiger partial charge in [0.2, 0.25) is 0 Å². The molecule has 1 heteroatoms. The first-order chi connectivity index (χ1) is 6.66. The summed E-state index contributed by atoms with van der Waals surface area (Å²) in [7, 11) is 0. The molecule has 0 heterocycles. The van der Waals surface area contributed by atoms with Gasteiger partial charge in [0, 0.05) is 12.1 Å². The molecule has 1 aromatic rings. The van der Waals surface area contributed by atoms with Crippen LogP contribution in [0.3, 0.4) is 0 Å². The Labute approximate surface area is 86.5 Å². The second-order valence-corrected chi connectivity index (χ2v) is 4.52. The van der Waals surface area contributed by atoms with Crippen molar-refractivity contribution in [2.45, 2.75) is 45.7 Å². The number of rotatable bonds is 3. The van der Waals surface area contributed by atoms with Gasteiger partial charge < -0.3 is 5.32 Å². The first kappa shape index (κ1) is 9.72. The van der Waals surface area contributed by atoms with Gasteiger partial charge in [0.15, 0.2) is 0 Å². The van der Waals surface area contributed by atoms with E-state index in [-0.39, 0.29) is 0 Å². The van der Waals surface area contributed by atoms with Gasteiger partial charge in [-0.25, -0.2) is 0 Å². The molecule has 0 amide bonds. The summed E-state index contributed by atoms with van der Waals surface area (Å²) < 4.78 is 0. The average Bonchev–Trinajstić information content (AvgIpc) is 2.87. The zero-order valence-electron chi connectivity index (χ0n) is 9.30. The van der Waals surface area contributed by atoms with Crippen molar-refractivity contribution in [3.05, 3.63) is 34.9 Å². The van der Waals surface area contributed by atoms with Crippen molar-refractivity contribution >= 4 is 0 Å². The Kier molecular flexibility index (Phi) is 2.60. The molecular formula is C13H19N. The predicted octanol–water partition coefficient (Wildman–Crippen LogP) is 3.12. The molecule has 1 fully saturated rings. The second-order valence-electron chi connectivity index (χ2n) is 4.52. The van der Waals surface area contributed by atoms with Crippen LogP contribution in [0, 0.1) is 13.8 Å². The molecule has 0 radical (unpaired) electrons. The monoisotopic (exact) mass is 189 g/mol. The summed E-state index contributed by atoms with van der Waals surface area (Å²) in [4.78, 5) is 0. The Morgan fingerprint density at radius 1 is 1.29 bits per heavy atom. The van der Waals surface area contributed by atoms with Gasteiger partial charge in [-0.3, -0.25) is 0 Å². The zero-order chi connectivity index (χ0) is 10.1. The van der Waals surface area contributed by atoms with Gasteiger partial charge in [-0.2, -0.15) is 0 Å². The van der Waals surface area contributed by atoms with E-state index >= 15 is 0 Å². The Balaban J connectivity index is 2.13. The standard InChI is InChI=1S/C13H19N/c1-9-4-7-13(10(2)8-9)11(3)14-12-5-6-12/h4,7-8,11-12,14H,5-6H2,1-3H3/t11-/m1/s1. The largest absolute Gasteiger partial charge is 0.307 e. The summed E-state index contributed by atoms with van der Waals surface area (Å²) in [5, 5.41) is 3.63. The molecule has 2 rings (SSSR count). The van der Waals surface area contributed by atoms with Crippen molar-refractivity contribution in [1.82, 2.24) is 5.32 Å². The van der Waals surface area contributed by atoms with E-state index in [0.717, 1.165) is 6.04 Å². The van der Waals surface area contributed by atoms with Crippen LogP contribution in [0.5, 0.6) is 0 Å². The summed E-state index contributed by atoms with van der Waals surface area (Å²) in [6.07, 6.45) is 2.71. The lowest BCUT2D eigenvalue weighted by Crippen LogP contribution is -2.21. The van der Waals surface area contributed by atoms with Crippen LogP contribution in [0.15, 0.2) is 18.2 Å². The molecule has 1 aromatic carbocycles. The van der Waals surface area contributed by atoms with E-state index in [4.69, 9.17) is 0 Å². The van der Waals surface area contributed by atoms with Crippen LogP contribution in [0.2, 0.25) is 0 Å². The van der Waals surface area contributed by atoms with E-state index in [0.29, 0.717) is 6.04 Å². The average molecular weight is 189 g/mol. The Morgan fingerprint density at radius 2 is 2.00 bits per heavy atom. The normalized spacial score (nSPS) is 18.2. The highest BCUT2D eigenvalue weighted by atomic mass is 15.0. The van der Waals surface area contributed by atoms with Gasteiger partial charge in [-0.05, 0) is 44.7 Å². The highest BCUT2D eigenvalue weighted by Gasteiger charge is 2.23. The zero-order valence-corrected chi connectivity index (χ0v) is 9.30. The molecular weight excluding hydrogens is 170 g/mol. The first-order valence-electron chi connectivity index (χ1n) is 5.50. The van der Waals surface area contributed by atoms with Crippen molar-refractivity contribution < 1.29 is 0 Å². The van der Waals surface area contributed by atoms with Gasteiger partial charge >= 0.3 is 0 Å². The number of nitrogens with one attached hydrogen (secondary N) is 1. The summed E-state index contributed by atoms with van der Waals surface area (Å²) in [6, 6.07) is 8.01. The van der Waals surface area contributed by atoms with E-state index in [1.54, 1.807) is 0 Å². The van der Waals surface area contributed by atoms with Crippen LogP contribution in [0.4, 0.5) is 0 Å². The third-order valence-corrected chi connectivity index (χ3v) is 2.95. The van der Waals surface area contributed by atoms with Crippen LogP contribution in [-0.2, 0) is 0 Å². The maximum atomic E-state index is 3.63. The van der Waals surface area contributed by atoms with E-state index in [9.17, 15) is 0 Å². The molecule has 0 bridgehead atoms. The fourth-order valence-corrected chi connectivity index (χ4v) is 2.00. The third-order valence-electron chi connectivity index (χ3n) is 2.95.